The average Bonchev–Trinajstić information content (AvgIpc) is 2.04. The molecule has 1 atom stereocenters. The maximum atomic E-state index is 13.2. The van der Waals surface area contributed by atoms with E-state index in [0.717, 1.165) is 14.0 Å². The van der Waals surface area contributed by atoms with Gasteiger partial charge in [0.25, 0.3) is 0 Å². The fourth-order valence-electron chi connectivity index (χ4n) is 0.585. The van der Waals surface area contributed by atoms with Crippen LogP contribution in [0, 0.1) is 0 Å². The molecule has 0 radical (unpaired) electrons. The minimum absolute atomic E-state index is 0.0722. The normalized spacial score (nSPS) is 15.0. The van der Waals surface area contributed by atoms with E-state index in [1.165, 1.54) is 0 Å². The average molecular weight is 176 g/mol. The van der Waals surface area contributed by atoms with E-state index in [-0.39, 0.29) is 6.42 Å². The molecule has 0 amide bonds. The van der Waals surface area contributed by atoms with Gasteiger partial charge >= 0.3 is 5.97 Å². The molecule has 0 rings (SSSR count). The fourth-order valence-corrected chi connectivity index (χ4v) is 0.585. The standard InChI is InChI=1S/C8H13FO3/c1-4-8(2,9)6(10)5-7(11)12-3/h4-5H2,1-3H3. The van der Waals surface area contributed by atoms with Crippen molar-refractivity contribution < 1.29 is 18.7 Å². The van der Waals surface area contributed by atoms with Crippen LogP contribution in [0.4, 0.5) is 4.39 Å². The van der Waals surface area contributed by atoms with Crippen LogP contribution in [0.2, 0.25) is 0 Å². The molecule has 0 saturated heterocycles. The largest absolute Gasteiger partial charge is 0.469 e. The second-order valence-electron chi connectivity index (χ2n) is 2.73. The number of methoxy groups -OCH3 is 1. The molecule has 70 valence electrons. The number of Topliss-reactive ketones (excluding diaryl/α,β-unsaturated/α-hetero) is 1. The number of halogens is 1. The molecule has 0 saturated carbocycles. The summed E-state index contributed by atoms with van der Waals surface area (Å²) in [7, 11) is 1.16. The molecule has 0 spiro atoms. The quantitative estimate of drug-likeness (QED) is 0.478. The lowest BCUT2D eigenvalue weighted by atomic mass is 9.98. The van der Waals surface area contributed by atoms with Crippen LogP contribution in [-0.2, 0) is 14.3 Å². The van der Waals surface area contributed by atoms with Crippen molar-refractivity contribution in [2.45, 2.75) is 32.4 Å². The summed E-state index contributed by atoms with van der Waals surface area (Å²) >= 11 is 0. The van der Waals surface area contributed by atoms with E-state index < -0.39 is 23.8 Å². The second kappa shape index (κ2) is 4.18. The van der Waals surface area contributed by atoms with Gasteiger partial charge in [-0.15, -0.1) is 0 Å². The molecular weight excluding hydrogens is 163 g/mol. The van der Waals surface area contributed by atoms with E-state index >= 15 is 0 Å². The van der Waals surface area contributed by atoms with Crippen LogP contribution in [0.15, 0.2) is 0 Å². The number of hydrogen-bond donors (Lipinski definition) is 0. The SMILES string of the molecule is CCC(C)(F)C(=O)CC(=O)OC. The van der Waals surface area contributed by atoms with Gasteiger partial charge in [0, 0.05) is 0 Å². The molecule has 4 heteroatoms. The molecule has 1 unspecified atom stereocenters. The zero-order valence-corrected chi connectivity index (χ0v) is 7.52. The molecule has 0 aliphatic rings. The van der Waals surface area contributed by atoms with Crippen molar-refractivity contribution in [3.63, 3.8) is 0 Å². The molecule has 0 bridgehead atoms. The van der Waals surface area contributed by atoms with Gasteiger partial charge in [-0.2, -0.15) is 0 Å². The number of carbonyl (C=O) groups is 2. The molecule has 12 heavy (non-hydrogen) atoms. The first-order chi connectivity index (χ1) is 5.44. The second-order valence-corrected chi connectivity index (χ2v) is 2.73. The minimum atomic E-state index is -1.91. The number of rotatable bonds is 4. The van der Waals surface area contributed by atoms with Gasteiger partial charge in [0.2, 0.25) is 0 Å². The van der Waals surface area contributed by atoms with Crippen LogP contribution in [-0.4, -0.2) is 24.5 Å². The third kappa shape index (κ3) is 2.98. The van der Waals surface area contributed by atoms with E-state index in [9.17, 15) is 14.0 Å². The van der Waals surface area contributed by atoms with Gasteiger partial charge in [-0.1, -0.05) is 6.92 Å². The lowest BCUT2D eigenvalue weighted by molar-refractivity contribution is -0.146. The van der Waals surface area contributed by atoms with E-state index in [2.05, 4.69) is 4.74 Å². The highest BCUT2D eigenvalue weighted by atomic mass is 19.1. The van der Waals surface area contributed by atoms with Gasteiger partial charge in [0.15, 0.2) is 11.5 Å². The van der Waals surface area contributed by atoms with Gasteiger partial charge in [-0.05, 0) is 13.3 Å². The predicted octanol–water partition coefficient (Wildman–Crippen LogP) is 1.26. The summed E-state index contributed by atoms with van der Waals surface area (Å²) in [5.41, 5.74) is -1.91. The summed E-state index contributed by atoms with van der Waals surface area (Å²) in [6.45, 7) is 2.72. The minimum Gasteiger partial charge on any atom is -0.469 e. The predicted molar refractivity (Wildman–Crippen MR) is 41.4 cm³/mol. The number of carbonyl (C=O) groups excluding carboxylic acids is 2. The summed E-state index contributed by atoms with van der Waals surface area (Å²) in [5, 5.41) is 0. The van der Waals surface area contributed by atoms with Crippen molar-refractivity contribution in [2.24, 2.45) is 0 Å². The van der Waals surface area contributed by atoms with Crippen molar-refractivity contribution >= 4 is 11.8 Å². The van der Waals surface area contributed by atoms with Crippen LogP contribution in [0.3, 0.4) is 0 Å². The number of hydrogen-bond acceptors (Lipinski definition) is 3. The summed E-state index contributed by atoms with van der Waals surface area (Å²) < 4.78 is 17.4. The van der Waals surface area contributed by atoms with Crippen molar-refractivity contribution in [1.82, 2.24) is 0 Å². The fraction of sp³-hybridized carbons (Fsp3) is 0.750. The first-order valence-corrected chi connectivity index (χ1v) is 3.73. The Hall–Kier alpha value is -0.930. The smallest absolute Gasteiger partial charge is 0.313 e. The molecule has 0 aromatic heterocycles. The van der Waals surface area contributed by atoms with Crippen LogP contribution in [0.1, 0.15) is 26.7 Å². The van der Waals surface area contributed by atoms with Gasteiger partial charge < -0.3 is 4.74 Å². The molecule has 0 heterocycles. The Morgan fingerprint density at radius 2 is 2.00 bits per heavy atom. The van der Waals surface area contributed by atoms with Gasteiger partial charge in [-0.3, -0.25) is 9.59 Å². The Morgan fingerprint density at radius 1 is 1.50 bits per heavy atom. The third-order valence-corrected chi connectivity index (χ3v) is 1.78. The highest BCUT2D eigenvalue weighted by Gasteiger charge is 2.31. The van der Waals surface area contributed by atoms with Crippen molar-refractivity contribution in [2.75, 3.05) is 7.11 Å². The zero-order chi connectivity index (χ0) is 9.78. The van der Waals surface area contributed by atoms with Crippen molar-refractivity contribution in [3.8, 4) is 0 Å². The maximum absolute atomic E-state index is 13.2. The number of alkyl halides is 1. The molecule has 0 aliphatic carbocycles. The molecular formula is C8H13FO3. The maximum Gasteiger partial charge on any atom is 0.313 e. The van der Waals surface area contributed by atoms with E-state index in [4.69, 9.17) is 0 Å². The van der Waals surface area contributed by atoms with E-state index in [0.29, 0.717) is 0 Å². The highest BCUT2D eigenvalue weighted by Crippen LogP contribution is 2.17. The van der Waals surface area contributed by atoms with Crippen LogP contribution < -0.4 is 0 Å². The number of esters is 1. The Morgan fingerprint density at radius 3 is 2.33 bits per heavy atom. The summed E-state index contributed by atoms with van der Waals surface area (Å²) in [5.74, 6) is -1.42. The summed E-state index contributed by atoms with van der Waals surface area (Å²) in [4.78, 5) is 21.6. The highest BCUT2D eigenvalue weighted by molar-refractivity contribution is 5.99. The Labute approximate surface area is 70.9 Å². The molecule has 0 fully saturated rings. The van der Waals surface area contributed by atoms with E-state index in [1.54, 1.807) is 6.92 Å². The van der Waals surface area contributed by atoms with E-state index in [1.807, 2.05) is 0 Å². The van der Waals surface area contributed by atoms with Gasteiger partial charge in [0.1, 0.15) is 6.42 Å². The molecule has 0 aliphatic heterocycles. The lowest BCUT2D eigenvalue weighted by Crippen LogP contribution is -2.31. The topological polar surface area (TPSA) is 43.4 Å². The van der Waals surface area contributed by atoms with Gasteiger partial charge in [0.05, 0.1) is 7.11 Å². The molecule has 0 aromatic rings. The number of ketones is 1. The Bertz CT molecular complexity index is 187. The summed E-state index contributed by atoms with van der Waals surface area (Å²) in [6, 6.07) is 0. The van der Waals surface area contributed by atoms with Crippen LogP contribution in [0.5, 0.6) is 0 Å². The first kappa shape index (κ1) is 11.1. The Balaban J connectivity index is 4.13. The number of ether oxygens (including phenoxy) is 1. The first-order valence-electron chi connectivity index (χ1n) is 3.73. The third-order valence-electron chi connectivity index (χ3n) is 1.78. The van der Waals surface area contributed by atoms with Crippen LogP contribution >= 0.6 is 0 Å². The van der Waals surface area contributed by atoms with Crippen molar-refractivity contribution in [3.05, 3.63) is 0 Å². The zero-order valence-electron chi connectivity index (χ0n) is 7.52. The summed E-state index contributed by atoms with van der Waals surface area (Å²) in [6.07, 6.45) is -0.417. The van der Waals surface area contributed by atoms with Crippen LogP contribution in [0.25, 0.3) is 0 Å². The monoisotopic (exact) mass is 176 g/mol. The molecule has 0 aromatic carbocycles. The molecule has 3 nitrogen and oxygen atoms in total. The van der Waals surface area contributed by atoms with Gasteiger partial charge in [-0.25, -0.2) is 4.39 Å². The van der Waals surface area contributed by atoms with Crippen molar-refractivity contribution in [1.29, 1.82) is 0 Å². The lowest BCUT2D eigenvalue weighted by Gasteiger charge is -2.15. The Kier molecular flexibility index (Phi) is 3.86. The molecule has 0 N–H and O–H groups in total.